The Bertz CT molecular complexity index is 1390. The van der Waals surface area contributed by atoms with Gasteiger partial charge in [0.25, 0.3) is 0 Å². The fraction of sp³-hybridized carbons (Fsp3) is 0.280. The highest BCUT2D eigenvalue weighted by atomic mass is 16.6. The van der Waals surface area contributed by atoms with Crippen LogP contribution in [0.5, 0.6) is 11.5 Å². The van der Waals surface area contributed by atoms with Crippen LogP contribution in [0.3, 0.4) is 0 Å². The number of unbranched alkanes of at least 4 members (excludes halogenated alkanes) is 1. The molecule has 0 spiro atoms. The van der Waals surface area contributed by atoms with E-state index in [4.69, 9.17) is 25.0 Å². The van der Waals surface area contributed by atoms with E-state index in [0.717, 1.165) is 24.2 Å². The van der Waals surface area contributed by atoms with E-state index in [1.807, 2.05) is 43.3 Å². The lowest BCUT2D eigenvalue weighted by molar-refractivity contribution is 0.141. The minimum atomic E-state index is -0.413. The van der Waals surface area contributed by atoms with Gasteiger partial charge in [0.15, 0.2) is 17.3 Å². The summed E-state index contributed by atoms with van der Waals surface area (Å²) in [6.45, 7) is 4.96. The van der Waals surface area contributed by atoms with Gasteiger partial charge in [0.2, 0.25) is 0 Å². The molecule has 4 rings (SSSR count). The Balaban J connectivity index is 1.92. The van der Waals surface area contributed by atoms with Crippen molar-refractivity contribution in [1.82, 2.24) is 19.5 Å². The number of hydrogen-bond donors (Lipinski definition) is 2. The van der Waals surface area contributed by atoms with Crippen molar-refractivity contribution < 1.29 is 14.3 Å². The minimum absolute atomic E-state index is 0.0362. The minimum Gasteiger partial charge on any atom is -0.495 e. The molecule has 0 aliphatic rings. The molecule has 0 aliphatic carbocycles. The van der Waals surface area contributed by atoms with E-state index in [-0.39, 0.29) is 11.5 Å². The Labute approximate surface area is 202 Å². The Kier molecular flexibility index (Phi) is 7.30. The highest BCUT2D eigenvalue weighted by Gasteiger charge is 2.21. The molecule has 10 nitrogen and oxygen atoms in total. The maximum absolute atomic E-state index is 13.1. The monoisotopic (exact) mass is 476 g/mol. The zero-order valence-electron chi connectivity index (χ0n) is 19.9. The molecule has 0 amide bonds. The lowest BCUT2D eigenvalue weighted by Gasteiger charge is -2.10. The van der Waals surface area contributed by atoms with Gasteiger partial charge in [-0.15, -0.1) is 0 Å². The van der Waals surface area contributed by atoms with E-state index >= 15 is 0 Å². The molecule has 2 heterocycles. The second-order valence-corrected chi connectivity index (χ2v) is 7.65. The quantitative estimate of drug-likeness (QED) is 0.155. The van der Waals surface area contributed by atoms with Crippen molar-refractivity contribution in [3.63, 3.8) is 0 Å². The van der Waals surface area contributed by atoms with E-state index in [0.29, 0.717) is 41.6 Å². The molecule has 0 aliphatic heterocycles. The summed E-state index contributed by atoms with van der Waals surface area (Å²) in [7, 11) is 1.54. The summed E-state index contributed by atoms with van der Waals surface area (Å²) in [4.78, 5) is 30.6. The van der Waals surface area contributed by atoms with Gasteiger partial charge >= 0.3 is 5.69 Å². The molecule has 4 aromatic rings. The zero-order valence-corrected chi connectivity index (χ0v) is 19.9. The molecule has 0 saturated carbocycles. The molecule has 0 bridgehead atoms. The number of aromatic nitrogens is 4. The molecular weight excluding hydrogens is 448 g/mol. The van der Waals surface area contributed by atoms with Crippen molar-refractivity contribution >= 4 is 17.0 Å². The average molecular weight is 477 g/mol. The fourth-order valence-corrected chi connectivity index (χ4v) is 3.57. The number of methoxy groups -OCH3 is 1. The van der Waals surface area contributed by atoms with Crippen LogP contribution in [0, 0.1) is 0 Å². The van der Waals surface area contributed by atoms with Crippen LogP contribution in [0.1, 0.15) is 32.4 Å². The molecule has 0 fully saturated rings. The van der Waals surface area contributed by atoms with Crippen molar-refractivity contribution in [1.29, 1.82) is 0 Å². The molecule has 2 aromatic carbocycles. The van der Waals surface area contributed by atoms with Crippen LogP contribution in [0.15, 0.2) is 58.5 Å². The second kappa shape index (κ2) is 10.7. The number of benzene rings is 2. The van der Waals surface area contributed by atoms with E-state index in [9.17, 15) is 4.79 Å². The average Bonchev–Trinajstić information content (AvgIpc) is 3.22. The third-order valence-corrected chi connectivity index (χ3v) is 5.28. The number of ether oxygens (including phenoxy) is 2. The molecule has 0 saturated heterocycles. The maximum atomic E-state index is 13.1. The first-order valence-electron chi connectivity index (χ1n) is 11.4. The van der Waals surface area contributed by atoms with Gasteiger partial charge in [0, 0.05) is 5.56 Å². The number of nitrogens with one attached hydrogen (secondary N) is 1. The molecular formula is C25H28N6O4. The fourth-order valence-electron chi connectivity index (χ4n) is 3.57. The van der Waals surface area contributed by atoms with Crippen LogP contribution in [0.2, 0.25) is 0 Å². The molecule has 0 atom stereocenters. The van der Waals surface area contributed by atoms with Crippen LogP contribution in [0.4, 0.5) is 0 Å². The first kappa shape index (κ1) is 23.8. The number of aromatic amines is 1. The van der Waals surface area contributed by atoms with Crippen molar-refractivity contribution in [2.45, 2.75) is 26.7 Å². The number of nitrogens with two attached hydrogens (primary N) is 1. The van der Waals surface area contributed by atoms with E-state index in [2.05, 4.69) is 22.0 Å². The van der Waals surface area contributed by atoms with Gasteiger partial charge in [0.1, 0.15) is 29.3 Å². The number of rotatable bonds is 10. The largest absolute Gasteiger partial charge is 0.495 e. The smallest absolute Gasteiger partial charge is 0.332 e. The summed E-state index contributed by atoms with van der Waals surface area (Å²) in [5.41, 5.74) is 8.05. The molecule has 182 valence electrons. The third kappa shape index (κ3) is 4.96. The molecule has 0 radical (unpaired) electrons. The van der Waals surface area contributed by atoms with Gasteiger partial charge in [-0.25, -0.2) is 19.3 Å². The molecule has 35 heavy (non-hydrogen) atoms. The third-order valence-electron chi connectivity index (χ3n) is 5.28. The standard InChI is InChI=1S/C25H28N6O4/c1-4-6-15-35-30-22(26)20-21-24(29-23(27-20)16-11-13-17(14-12-16)34-5-2)31(25(32)28-21)18-9-7-8-10-19(18)33-3/h7-14H,4-6,15H2,1-3H3,(H2,26,30)(H,28,32). The summed E-state index contributed by atoms with van der Waals surface area (Å²) in [5, 5.41) is 4.03. The summed E-state index contributed by atoms with van der Waals surface area (Å²) in [6.07, 6.45) is 1.80. The van der Waals surface area contributed by atoms with Gasteiger partial charge in [-0.3, -0.25) is 0 Å². The number of para-hydroxylation sites is 2. The van der Waals surface area contributed by atoms with Gasteiger partial charge < -0.3 is 25.0 Å². The first-order chi connectivity index (χ1) is 17.1. The van der Waals surface area contributed by atoms with Gasteiger partial charge in [-0.05, 0) is 49.7 Å². The Morgan fingerprint density at radius 3 is 2.60 bits per heavy atom. The molecule has 2 aromatic heterocycles. The number of imidazole rings is 1. The van der Waals surface area contributed by atoms with Crippen LogP contribution in [0.25, 0.3) is 28.2 Å². The van der Waals surface area contributed by atoms with Gasteiger partial charge in [-0.1, -0.05) is 30.6 Å². The number of hydrogen-bond acceptors (Lipinski definition) is 7. The first-order valence-corrected chi connectivity index (χ1v) is 11.4. The Morgan fingerprint density at radius 1 is 1.11 bits per heavy atom. The van der Waals surface area contributed by atoms with E-state index in [1.54, 1.807) is 19.2 Å². The summed E-state index contributed by atoms with van der Waals surface area (Å²) >= 11 is 0. The lowest BCUT2D eigenvalue weighted by Crippen LogP contribution is -2.18. The van der Waals surface area contributed by atoms with Crippen LogP contribution < -0.4 is 20.9 Å². The Morgan fingerprint density at radius 2 is 1.89 bits per heavy atom. The van der Waals surface area contributed by atoms with Crippen molar-refractivity contribution in [2.75, 3.05) is 20.3 Å². The van der Waals surface area contributed by atoms with Crippen molar-refractivity contribution in [2.24, 2.45) is 10.9 Å². The molecule has 3 N–H and O–H groups in total. The molecule has 10 heteroatoms. The van der Waals surface area contributed by atoms with E-state index < -0.39 is 5.69 Å². The number of fused-ring (bicyclic) bond motifs is 1. The zero-order chi connectivity index (χ0) is 24.8. The highest BCUT2D eigenvalue weighted by molar-refractivity contribution is 6.05. The normalized spacial score (nSPS) is 11.6. The summed E-state index contributed by atoms with van der Waals surface area (Å²) < 4.78 is 12.4. The topological polar surface area (TPSA) is 130 Å². The van der Waals surface area contributed by atoms with Crippen molar-refractivity contribution in [3.05, 3.63) is 64.7 Å². The van der Waals surface area contributed by atoms with Gasteiger partial charge in [-0.2, -0.15) is 0 Å². The van der Waals surface area contributed by atoms with Crippen LogP contribution >= 0.6 is 0 Å². The lowest BCUT2D eigenvalue weighted by atomic mass is 10.2. The summed E-state index contributed by atoms with van der Waals surface area (Å²) in [6, 6.07) is 14.6. The number of nitrogens with zero attached hydrogens (tertiary/aromatic N) is 4. The van der Waals surface area contributed by atoms with Crippen LogP contribution in [-0.2, 0) is 4.84 Å². The SMILES string of the molecule is CCCCON=C(N)c1nc(-c2ccc(OCC)cc2)nc2c1[nH]c(=O)n2-c1ccccc1OC. The van der Waals surface area contributed by atoms with E-state index in [1.165, 1.54) is 4.57 Å². The highest BCUT2D eigenvalue weighted by Crippen LogP contribution is 2.27. The number of H-pyrrole nitrogens is 1. The number of oxime groups is 1. The maximum Gasteiger partial charge on any atom is 0.332 e. The second-order valence-electron chi connectivity index (χ2n) is 7.65. The van der Waals surface area contributed by atoms with Crippen molar-refractivity contribution in [3.8, 4) is 28.6 Å². The Hall–Kier alpha value is -4.34. The summed E-state index contributed by atoms with van der Waals surface area (Å²) in [5.74, 6) is 1.65. The number of amidine groups is 1. The van der Waals surface area contributed by atoms with Gasteiger partial charge in [0.05, 0.1) is 19.4 Å². The predicted octanol–water partition coefficient (Wildman–Crippen LogP) is 3.62. The van der Waals surface area contributed by atoms with Crippen LogP contribution in [-0.4, -0.2) is 45.7 Å². The predicted molar refractivity (Wildman–Crippen MR) is 134 cm³/mol. The molecule has 0 unspecified atom stereocenters.